The maximum absolute atomic E-state index is 11.1. The van der Waals surface area contributed by atoms with Crippen LogP contribution in [0.1, 0.15) is 38.3 Å². The summed E-state index contributed by atoms with van der Waals surface area (Å²) in [5.74, 6) is 1.11. The number of amides is 1. The van der Waals surface area contributed by atoms with Crippen molar-refractivity contribution >= 4 is 17.7 Å². The van der Waals surface area contributed by atoms with Gasteiger partial charge in [-0.1, -0.05) is 87.1 Å². The van der Waals surface area contributed by atoms with E-state index in [2.05, 4.69) is 71.9 Å². The number of benzene rings is 2. The average molecular weight is 395 g/mol. The maximum Gasteiger partial charge on any atom is 0.218 e. The second kappa shape index (κ2) is 8.61. The average Bonchev–Trinajstić information content (AvgIpc) is 3.04. The lowest BCUT2D eigenvalue weighted by atomic mass is 9.87. The van der Waals surface area contributed by atoms with Crippen molar-refractivity contribution < 1.29 is 4.79 Å². The van der Waals surface area contributed by atoms with E-state index >= 15 is 0 Å². The van der Waals surface area contributed by atoms with Crippen molar-refractivity contribution in [1.82, 2.24) is 14.8 Å². The van der Waals surface area contributed by atoms with Crippen LogP contribution in [-0.2, 0) is 16.8 Å². The zero-order valence-electron chi connectivity index (χ0n) is 16.6. The van der Waals surface area contributed by atoms with E-state index < -0.39 is 0 Å². The summed E-state index contributed by atoms with van der Waals surface area (Å²) in [7, 11) is 0. The van der Waals surface area contributed by atoms with Crippen molar-refractivity contribution in [1.29, 1.82) is 0 Å². The van der Waals surface area contributed by atoms with E-state index in [1.54, 1.807) is 0 Å². The number of hydrogen-bond donors (Lipinski definition) is 1. The van der Waals surface area contributed by atoms with Crippen LogP contribution in [0.3, 0.4) is 0 Å². The number of primary amides is 1. The summed E-state index contributed by atoms with van der Waals surface area (Å²) in [5.41, 5.74) is 8.85. The first-order valence-electron chi connectivity index (χ1n) is 9.34. The zero-order chi connectivity index (χ0) is 20.1. The number of nitrogens with zero attached hydrogens (tertiary/aromatic N) is 3. The summed E-state index contributed by atoms with van der Waals surface area (Å²) < 4.78 is 2.10. The summed E-state index contributed by atoms with van der Waals surface area (Å²) in [4.78, 5) is 11.1. The lowest BCUT2D eigenvalue weighted by molar-refractivity contribution is -0.117. The smallest absolute Gasteiger partial charge is 0.218 e. The van der Waals surface area contributed by atoms with Crippen LogP contribution in [0.4, 0.5) is 0 Å². The Hall–Kier alpha value is -2.60. The van der Waals surface area contributed by atoms with E-state index in [1.807, 2.05) is 18.2 Å². The van der Waals surface area contributed by atoms with Crippen molar-refractivity contribution in [2.24, 2.45) is 5.73 Å². The van der Waals surface area contributed by atoms with Gasteiger partial charge in [-0.3, -0.25) is 9.36 Å². The molecule has 0 spiro atoms. The van der Waals surface area contributed by atoms with Crippen LogP contribution in [0.2, 0.25) is 0 Å². The normalized spacial score (nSPS) is 11.5. The third kappa shape index (κ3) is 5.01. The molecule has 6 heteroatoms. The van der Waals surface area contributed by atoms with Gasteiger partial charge in [-0.2, -0.15) is 0 Å². The SMILES string of the molecule is CC(C)(C)c1ccc(-c2nnc(SCCC(N)=O)n2Cc2ccccc2)cc1. The molecule has 5 nitrogen and oxygen atoms in total. The Bertz CT molecular complexity index is 927. The second-order valence-electron chi connectivity index (χ2n) is 7.77. The highest BCUT2D eigenvalue weighted by Gasteiger charge is 2.17. The number of thioether (sulfide) groups is 1. The Morgan fingerprint density at radius 2 is 1.71 bits per heavy atom. The van der Waals surface area contributed by atoms with Gasteiger partial charge in [0, 0.05) is 17.7 Å². The van der Waals surface area contributed by atoms with Gasteiger partial charge in [-0.15, -0.1) is 10.2 Å². The quantitative estimate of drug-likeness (QED) is 0.608. The molecule has 0 fully saturated rings. The molecule has 0 atom stereocenters. The fourth-order valence-electron chi connectivity index (χ4n) is 2.88. The summed E-state index contributed by atoms with van der Waals surface area (Å²) in [6.07, 6.45) is 0.318. The van der Waals surface area contributed by atoms with Gasteiger partial charge in [0.15, 0.2) is 11.0 Å². The number of hydrogen-bond acceptors (Lipinski definition) is 4. The highest BCUT2D eigenvalue weighted by Crippen LogP contribution is 2.28. The Morgan fingerprint density at radius 3 is 2.32 bits per heavy atom. The molecule has 1 amide bonds. The molecule has 0 radical (unpaired) electrons. The molecule has 0 saturated heterocycles. The van der Waals surface area contributed by atoms with Crippen LogP contribution in [-0.4, -0.2) is 26.4 Å². The molecule has 146 valence electrons. The fourth-order valence-corrected chi connectivity index (χ4v) is 3.77. The molecule has 0 aliphatic heterocycles. The van der Waals surface area contributed by atoms with E-state index in [-0.39, 0.29) is 11.3 Å². The molecule has 28 heavy (non-hydrogen) atoms. The van der Waals surface area contributed by atoms with Gasteiger partial charge in [-0.25, -0.2) is 0 Å². The number of aromatic nitrogens is 3. The second-order valence-corrected chi connectivity index (χ2v) is 8.83. The van der Waals surface area contributed by atoms with Crippen LogP contribution >= 0.6 is 11.8 Å². The van der Waals surface area contributed by atoms with E-state index in [0.717, 1.165) is 16.5 Å². The maximum atomic E-state index is 11.1. The summed E-state index contributed by atoms with van der Waals surface area (Å²) >= 11 is 1.51. The highest BCUT2D eigenvalue weighted by molar-refractivity contribution is 7.99. The van der Waals surface area contributed by atoms with Crippen LogP contribution in [0.25, 0.3) is 11.4 Å². The molecule has 1 heterocycles. The number of carbonyl (C=O) groups is 1. The molecular weight excluding hydrogens is 368 g/mol. The Labute approximate surface area is 170 Å². The summed E-state index contributed by atoms with van der Waals surface area (Å²) in [6, 6.07) is 18.7. The fraction of sp³-hybridized carbons (Fsp3) is 0.318. The number of nitrogens with two attached hydrogens (primary N) is 1. The predicted octanol–water partition coefficient (Wildman–Crippen LogP) is 4.26. The van der Waals surface area contributed by atoms with Crippen molar-refractivity contribution in [3.05, 3.63) is 65.7 Å². The third-order valence-electron chi connectivity index (χ3n) is 4.49. The van der Waals surface area contributed by atoms with Crippen molar-refractivity contribution in [2.75, 3.05) is 5.75 Å². The van der Waals surface area contributed by atoms with E-state index in [9.17, 15) is 4.79 Å². The van der Waals surface area contributed by atoms with Crippen LogP contribution in [0, 0.1) is 0 Å². The lowest BCUT2D eigenvalue weighted by Crippen LogP contribution is -2.11. The molecule has 2 aromatic carbocycles. The molecule has 3 rings (SSSR count). The molecule has 0 unspecified atom stereocenters. The van der Waals surface area contributed by atoms with Gasteiger partial charge in [-0.05, 0) is 16.5 Å². The van der Waals surface area contributed by atoms with Gasteiger partial charge >= 0.3 is 0 Å². The van der Waals surface area contributed by atoms with Gasteiger partial charge in [0.2, 0.25) is 5.91 Å². The van der Waals surface area contributed by atoms with Gasteiger partial charge in [0.1, 0.15) is 0 Å². The van der Waals surface area contributed by atoms with Crippen molar-refractivity contribution in [3.8, 4) is 11.4 Å². The molecule has 3 aromatic rings. The standard InChI is InChI=1S/C22H26N4OS/c1-22(2,3)18-11-9-17(10-12-18)20-24-25-21(28-14-13-19(23)27)26(20)15-16-7-5-4-6-8-16/h4-12H,13-15H2,1-3H3,(H2,23,27). The van der Waals surface area contributed by atoms with Crippen molar-refractivity contribution in [3.63, 3.8) is 0 Å². The zero-order valence-corrected chi connectivity index (χ0v) is 17.4. The minimum atomic E-state index is -0.306. The summed E-state index contributed by atoms with van der Waals surface area (Å²) in [5, 5.41) is 9.62. The molecule has 0 aliphatic rings. The third-order valence-corrected chi connectivity index (χ3v) is 5.46. The minimum absolute atomic E-state index is 0.103. The van der Waals surface area contributed by atoms with Gasteiger partial charge in [0.25, 0.3) is 0 Å². The monoisotopic (exact) mass is 394 g/mol. The topological polar surface area (TPSA) is 73.8 Å². The number of carbonyl (C=O) groups excluding carboxylic acids is 1. The van der Waals surface area contributed by atoms with E-state index in [4.69, 9.17) is 5.73 Å². The Balaban J connectivity index is 1.93. The van der Waals surface area contributed by atoms with Crippen molar-refractivity contribution in [2.45, 2.75) is 44.3 Å². The first-order chi connectivity index (χ1) is 13.3. The largest absolute Gasteiger partial charge is 0.370 e. The molecule has 0 saturated carbocycles. The van der Waals surface area contributed by atoms with Crippen LogP contribution < -0.4 is 5.73 Å². The van der Waals surface area contributed by atoms with E-state index in [0.29, 0.717) is 18.7 Å². The first-order valence-corrected chi connectivity index (χ1v) is 10.3. The summed E-state index contributed by atoms with van der Waals surface area (Å²) in [6.45, 7) is 7.28. The molecular formula is C22H26N4OS. The minimum Gasteiger partial charge on any atom is -0.370 e. The van der Waals surface area contributed by atoms with Crippen LogP contribution in [0.15, 0.2) is 59.8 Å². The molecule has 0 aliphatic carbocycles. The van der Waals surface area contributed by atoms with Gasteiger partial charge in [0.05, 0.1) is 6.54 Å². The molecule has 2 N–H and O–H groups in total. The van der Waals surface area contributed by atoms with Gasteiger partial charge < -0.3 is 5.73 Å². The Kier molecular flexibility index (Phi) is 6.19. The molecule has 0 bridgehead atoms. The first kappa shape index (κ1) is 20.1. The highest BCUT2D eigenvalue weighted by atomic mass is 32.2. The Morgan fingerprint density at radius 1 is 1.04 bits per heavy atom. The van der Waals surface area contributed by atoms with Crippen LogP contribution in [0.5, 0.6) is 0 Å². The van der Waals surface area contributed by atoms with E-state index in [1.165, 1.54) is 22.9 Å². The molecule has 1 aromatic heterocycles. The predicted molar refractivity (Wildman–Crippen MR) is 114 cm³/mol. The lowest BCUT2D eigenvalue weighted by Gasteiger charge is -2.19. The number of rotatable bonds is 7.